The molecule has 0 fully saturated rings. The monoisotopic (exact) mass is 378 g/mol. The number of aromatic nitrogens is 2. The molecule has 0 spiro atoms. The fourth-order valence-electron chi connectivity index (χ4n) is 3.42. The molecular weight excluding hydrogens is 356 g/mol. The molecule has 0 bridgehead atoms. The maximum absolute atomic E-state index is 12.7. The second-order valence-electron chi connectivity index (χ2n) is 6.91. The van der Waals surface area contributed by atoms with Gasteiger partial charge in [-0.05, 0) is 50.5 Å². The van der Waals surface area contributed by atoms with Gasteiger partial charge >= 0.3 is 0 Å². The van der Waals surface area contributed by atoms with E-state index in [4.69, 9.17) is 4.42 Å². The molecule has 2 aromatic heterocycles. The Balaban J connectivity index is 1.43. The van der Waals surface area contributed by atoms with Crippen LogP contribution in [-0.4, -0.2) is 28.1 Å². The van der Waals surface area contributed by atoms with E-state index in [0.717, 1.165) is 36.2 Å². The molecule has 2 N–H and O–H groups in total. The highest BCUT2D eigenvalue weighted by Crippen LogP contribution is 2.27. The minimum atomic E-state index is -0.322. The van der Waals surface area contributed by atoms with E-state index in [9.17, 15) is 9.59 Å². The van der Waals surface area contributed by atoms with Gasteiger partial charge in [-0.25, -0.2) is 4.68 Å². The van der Waals surface area contributed by atoms with Crippen LogP contribution in [0.1, 0.15) is 39.5 Å². The third-order valence-electron chi connectivity index (χ3n) is 4.87. The molecule has 0 atom stereocenters. The zero-order valence-electron chi connectivity index (χ0n) is 15.7. The highest BCUT2D eigenvalue weighted by Gasteiger charge is 2.27. The molecule has 2 amide bonds. The van der Waals surface area contributed by atoms with Crippen molar-refractivity contribution in [3.63, 3.8) is 0 Å². The second kappa shape index (κ2) is 7.72. The van der Waals surface area contributed by atoms with Crippen molar-refractivity contribution in [2.45, 2.75) is 32.7 Å². The minimum Gasteiger partial charge on any atom is -0.467 e. The number of nitrogens with one attached hydrogen (secondary N) is 2. The Hall–Kier alpha value is -3.35. The van der Waals surface area contributed by atoms with E-state index in [1.54, 1.807) is 18.4 Å². The Bertz CT molecular complexity index is 988. The lowest BCUT2D eigenvalue weighted by molar-refractivity contribution is -0.120. The molecule has 0 saturated carbocycles. The van der Waals surface area contributed by atoms with Crippen molar-refractivity contribution in [2.24, 2.45) is 0 Å². The van der Waals surface area contributed by atoms with Crippen molar-refractivity contribution in [3.05, 3.63) is 70.9 Å². The van der Waals surface area contributed by atoms with Gasteiger partial charge in [-0.3, -0.25) is 9.59 Å². The number of fused-ring (bicyclic) bond motifs is 1. The number of amides is 2. The molecule has 0 radical (unpaired) electrons. The lowest BCUT2D eigenvalue weighted by Gasteiger charge is -2.06. The number of nitrogens with zero attached hydrogens (tertiary/aromatic N) is 2. The molecule has 2 heterocycles. The summed E-state index contributed by atoms with van der Waals surface area (Å²) in [5, 5.41) is 9.94. The zero-order chi connectivity index (χ0) is 19.5. The maximum atomic E-state index is 12.7. The van der Waals surface area contributed by atoms with Gasteiger partial charge in [0.15, 0.2) is 5.69 Å². The van der Waals surface area contributed by atoms with Gasteiger partial charge in [0.1, 0.15) is 5.76 Å². The third kappa shape index (κ3) is 3.69. The van der Waals surface area contributed by atoms with Gasteiger partial charge in [-0.15, -0.1) is 0 Å². The highest BCUT2D eigenvalue weighted by atomic mass is 16.3. The molecule has 7 nitrogen and oxygen atoms in total. The van der Waals surface area contributed by atoms with Crippen LogP contribution in [0.3, 0.4) is 0 Å². The average Bonchev–Trinajstić information content (AvgIpc) is 3.43. The lowest BCUT2D eigenvalue weighted by Crippen LogP contribution is -2.37. The Kier molecular flexibility index (Phi) is 4.97. The van der Waals surface area contributed by atoms with E-state index in [1.807, 2.05) is 35.9 Å². The summed E-state index contributed by atoms with van der Waals surface area (Å²) < 4.78 is 7.02. The summed E-state index contributed by atoms with van der Waals surface area (Å²) in [6.45, 7) is 2.22. The van der Waals surface area contributed by atoms with E-state index in [0.29, 0.717) is 18.0 Å². The van der Waals surface area contributed by atoms with E-state index in [1.165, 1.54) is 5.56 Å². The summed E-state index contributed by atoms with van der Waals surface area (Å²) >= 11 is 0. The molecule has 1 aliphatic rings. The van der Waals surface area contributed by atoms with Crippen LogP contribution in [0.25, 0.3) is 5.69 Å². The molecule has 0 aliphatic heterocycles. The molecule has 28 heavy (non-hydrogen) atoms. The van der Waals surface area contributed by atoms with Crippen molar-refractivity contribution in [3.8, 4) is 5.69 Å². The van der Waals surface area contributed by atoms with Crippen LogP contribution in [0, 0.1) is 6.92 Å². The summed E-state index contributed by atoms with van der Waals surface area (Å²) in [6.07, 6.45) is 4.28. The molecule has 7 heteroatoms. The predicted molar refractivity (Wildman–Crippen MR) is 103 cm³/mol. The number of carbonyl (C=O) groups is 2. The molecule has 4 rings (SSSR count). The van der Waals surface area contributed by atoms with Gasteiger partial charge < -0.3 is 15.1 Å². The minimum absolute atomic E-state index is 0.105. The number of carbonyl (C=O) groups excluding carboxylic acids is 2. The zero-order valence-corrected chi connectivity index (χ0v) is 15.7. The maximum Gasteiger partial charge on any atom is 0.272 e. The standard InChI is InChI=1S/C21H22N4O3/c1-14-7-9-15(10-8-14)25-18-6-2-5-17(18)20(24-25)21(27)23-13-19(26)22-12-16-4-3-11-28-16/h3-4,7-11H,2,5-6,12-13H2,1H3,(H,22,26)(H,23,27). The summed E-state index contributed by atoms with van der Waals surface area (Å²) in [7, 11) is 0. The topological polar surface area (TPSA) is 89.2 Å². The van der Waals surface area contributed by atoms with Crippen LogP contribution >= 0.6 is 0 Å². The summed E-state index contributed by atoms with van der Waals surface area (Å²) in [5.41, 5.74) is 4.59. The van der Waals surface area contributed by atoms with Crippen molar-refractivity contribution >= 4 is 11.8 Å². The first-order chi connectivity index (χ1) is 13.6. The predicted octanol–water partition coefficient (Wildman–Crippen LogP) is 2.31. The Labute approximate surface area is 162 Å². The van der Waals surface area contributed by atoms with Crippen LogP contribution in [0.15, 0.2) is 47.1 Å². The van der Waals surface area contributed by atoms with Gasteiger partial charge in [0.25, 0.3) is 5.91 Å². The van der Waals surface area contributed by atoms with Gasteiger partial charge in [0.05, 0.1) is 25.0 Å². The molecule has 0 saturated heterocycles. The SMILES string of the molecule is Cc1ccc(-n2nc(C(=O)NCC(=O)NCc3ccco3)c3c2CCC3)cc1. The normalized spacial score (nSPS) is 12.6. The third-order valence-corrected chi connectivity index (χ3v) is 4.87. The van der Waals surface area contributed by atoms with E-state index < -0.39 is 0 Å². The van der Waals surface area contributed by atoms with Gasteiger partial charge in [0, 0.05) is 11.3 Å². The van der Waals surface area contributed by atoms with E-state index in [2.05, 4.69) is 15.7 Å². The number of aryl methyl sites for hydroxylation is 1. The van der Waals surface area contributed by atoms with Gasteiger partial charge in [-0.2, -0.15) is 5.10 Å². The first kappa shape index (κ1) is 18.0. The summed E-state index contributed by atoms with van der Waals surface area (Å²) in [6, 6.07) is 11.6. The molecule has 1 aliphatic carbocycles. The molecule has 0 unspecified atom stereocenters. The lowest BCUT2D eigenvalue weighted by atomic mass is 10.2. The quantitative estimate of drug-likeness (QED) is 0.689. The molecule has 3 aromatic rings. The smallest absolute Gasteiger partial charge is 0.272 e. The van der Waals surface area contributed by atoms with Crippen LogP contribution in [0.4, 0.5) is 0 Å². The van der Waals surface area contributed by atoms with E-state index >= 15 is 0 Å². The number of furan rings is 1. The molecular formula is C21H22N4O3. The average molecular weight is 378 g/mol. The second-order valence-corrected chi connectivity index (χ2v) is 6.91. The fraction of sp³-hybridized carbons (Fsp3) is 0.286. The molecule has 1 aromatic carbocycles. The number of hydrogen-bond donors (Lipinski definition) is 2. The van der Waals surface area contributed by atoms with Crippen LogP contribution in [0.2, 0.25) is 0 Å². The van der Waals surface area contributed by atoms with E-state index in [-0.39, 0.29) is 18.4 Å². The Morgan fingerprint density at radius 3 is 2.71 bits per heavy atom. The van der Waals surface area contributed by atoms with Crippen LogP contribution in [0.5, 0.6) is 0 Å². The van der Waals surface area contributed by atoms with Gasteiger partial charge in [0.2, 0.25) is 5.91 Å². The number of rotatable bonds is 6. The summed E-state index contributed by atoms with van der Waals surface area (Å²) in [5.74, 6) is 0.0610. The van der Waals surface area contributed by atoms with Crippen molar-refractivity contribution in [1.82, 2.24) is 20.4 Å². The van der Waals surface area contributed by atoms with Crippen LogP contribution < -0.4 is 10.6 Å². The van der Waals surface area contributed by atoms with Crippen LogP contribution in [-0.2, 0) is 24.2 Å². The Morgan fingerprint density at radius 1 is 1.14 bits per heavy atom. The number of benzene rings is 1. The van der Waals surface area contributed by atoms with Gasteiger partial charge in [-0.1, -0.05) is 17.7 Å². The highest BCUT2D eigenvalue weighted by molar-refractivity contribution is 5.96. The fourth-order valence-corrected chi connectivity index (χ4v) is 3.42. The first-order valence-corrected chi connectivity index (χ1v) is 9.37. The van der Waals surface area contributed by atoms with Crippen molar-refractivity contribution < 1.29 is 14.0 Å². The Morgan fingerprint density at radius 2 is 1.96 bits per heavy atom. The number of hydrogen-bond acceptors (Lipinski definition) is 4. The van der Waals surface area contributed by atoms with Crippen molar-refractivity contribution in [1.29, 1.82) is 0 Å². The largest absolute Gasteiger partial charge is 0.467 e. The first-order valence-electron chi connectivity index (χ1n) is 9.37. The summed E-state index contributed by atoms with van der Waals surface area (Å²) in [4.78, 5) is 24.6. The molecule has 144 valence electrons. The van der Waals surface area contributed by atoms with Crippen molar-refractivity contribution in [2.75, 3.05) is 6.54 Å².